The Morgan fingerprint density at radius 3 is 2.52 bits per heavy atom. The van der Waals surface area contributed by atoms with E-state index < -0.39 is 11.9 Å². The van der Waals surface area contributed by atoms with E-state index in [0.29, 0.717) is 16.1 Å². The highest BCUT2D eigenvalue weighted by Crippen LogP contribution is 2.44. The zero-order valence-corrected chi connectivity index (χ0v) is 15.4. The number of ether oxygens (including phenoxy) is 2. The first-order valence-corrected chi connectivity index (χ1v) is 8.75. The average molecular weight is 381 g/mol. The van der Waals surface area contributed by atoms with Gasteiger partial charge < -0.3 is 15.2 Å². The monoisotopic (exact) mass is 380 g/mol. The molecule has 0 bridgehead atoms. The summed E-state index contributed by atoms with van der Waals surface area (Å²) in [5.41, 5.74) is 7.58. The molecule has 5 nitrogen and oxygen atoms in total. The van der Waals surface area contributed by atoms with Gasteiger partial charge in [-0.2, -0.15) is 5.26 Å². The van der Waals surface area contributed by atoms with Gasteiger partial charge in [0, 0.05) is 10.6 Å². The van der Waals surface area contributed by atoms with Crippen LogP contribution in [0.4, 0.5) is 0 Å². The third kappa shape index (κ3) is 3.53. The molecule has 0 fully saturated rings. The zero-order valence-electron chi connectivity index (χ0n) is 14.6. The highest BCUT2D eigenvalue weighted by molar-refractivity contribution is 6.31. The molecule has 136 valence electrons. The molecule has 0 radical (unpaired) electrons. The van der Waals surface area contributed by atoms with Crippen LogP contribution in [0.3, 0.4) is 0 Å². The molecule has 1 atom stereocenters. The summed E-state index contributed by atoms with van der Waals surface area (Å²) in [4.78, 5) is 12.9. The Morgan fingerprint density at radius 2 is 1.89 bits per heavy atom. The summed E-state index contributed by atoms with van der Waals surface area (Å²) in [7, 11) is 0. The molecule has 1 heterocycles. The van der Waals surface area contributed by atoms with Crippen LogP contribution in [-0.4, -0.2) is 12.6 Å². The number of benzene rings is 2. The van der Waals surface area contributed by atoms with Gasteiger partial charge >= 0.3 is 5.97 Å². The number of nitrogens with two attached hydrogens (primary N) is 1. The average Bonchev–Trinajstić information content (AvgIpc) is 2.68. The van der Waals surface area contributed by atoms with Crippen molar-refractivity contribution in [2.75, 3.05) is 6.61 Å². The largest absolute Gasteiger partial charge is 0.463 e. The van der Waals surface area contributed by atoms with Gasteiger partial charge in [0.05, 0.1) is 18.1 Å². The first-order valence-electron chi connectivity index (χ1n) is 8.37. The topological polar surface area (TPSA) is 85.3 Å². The maximum absolute atomic E-state index is 12.9. The molecule has 0 unspecified atom stereocenters. The Bertz CT molecular complexity index is 974. The molecule has 2 N–H and O–H groups in total. The fourth-order valence-electron chi connectivity index (χ4n) is 3.00. The first-order chi connectivity index (χ1) is 13.1. The van der Waals surface area contributed by atoms with E-state index in [1.54, 1.807) is 43.3 Å². The van der Waals surface area contributed by atoms with E-state index in [9.17, 15) is 10.1 Å². The maximum Gasteiger partial charge on any atom is 0.338 e. The highest BCUT2D eigenvalue weighted by atomic mass is 35.5. The SMILES string of the molecule is CCOC(=O)C1=C(c2ccccc2)OC(N)=C(C#N)[C@@H]1c1ccccc1Cl. The zero-order chi connectivity index (χ0) is 19.4. The molecule has 1 aliphatic heterocycles. The van der Waals surface area contributed by atoms with Crippen LogP contribution in [0.5, 0.6) is 0 Å². The van der Waals surface area contributed by atoms with Gasteiger partial charge in [-0.25, -0.2) is 4.79 Å². The van der Waals surface area contributed by atoms with E-state index in [0.717, 1.165) is 0 Å². The normalized spacial score (nSPS) is 16.6. The van der Waals surface area contributed by atoms with E-state index >= 15 is 0 Å². The van der Waals surface area contributed by atoms with Crippen molar-refractivity contribution >= 4 is 23.3 Å². The Balaban J connectivity index is 2.31. The predicted octanol–water partition coefficient (Wildman–Crippen LogP) is 4.12. The summed E-state index contributed by atoms with van der Waals surface area (Å²) in [6, 6.07) is 18.1. The van der Waals surface area contributed by atoms with Crippen molar-refractivity contribution in [2.24, 2.45) is 5.73 Å². The van der Waals surface area contributed by atoms with Crippen LogP contribution in [-0.2, 0) is 14.3 Å². The fourth-order valence-corrected chi connectivity index (χ4v) is 3.25. The van der Waals surface area contributed by atoms with E-state index in [1.807, 2.05) is 18.2 Å². The molecule has 2 aromatic rings. The number of halogens is 1. The molecule has 27 heavy (non-hydrogen) atoms. The van der Waals surface area contributed by atoms with Gasteiger partial charge in [0.25, 0.3) is 0 Å². The molecule has 0 saturated carbocycles. The third-order valence-electron chi connectivity index (χ3n) is 4.17. The quantitative estimate of drug-likeness (QED) is 0.806. The molecule has 0 saturated heterocycles. The summed E-state index contributed by atoms with van der Waals surface area (Å²) in [5.74, 6) is -1.17. The van der Waals surface area contributed by atoms with Crippen LogP contribution >= 0.6 is 11.6 Å². The Hall–Kier alpha value is -3.23. The highest BCUT2D eigenvalue weighted by Gasteiger charge is 2.38. The molecule has 0 amide bonds. The van der Waals surface area contributed by atoms with Crippen LogP contribution in [0, 0.1) is 11.3 Å². The van der Waals surface area contributed by atoms with Gasteiger partial charge in [-0.3, -0.25) is 0 Å². The second-order valence-corrected chi connectivity index (χ2v) is 6.18. The number of nitrogens with zero attached hydrogens (tertiary/aromatic N) is 1. The van der Waals surface area contributed by atoms with Crippen molar-refractivity contribution in [3.8, 4) is 6.07 Å². The fraction of sp³-hybridized carbons (Fsp3) is 0.143. The van der Waals surface area contributed by atoms with Crippen molar-refractivity contribution in [3.63, 3.8) is 0 Å². The smallest absolute Gasteiger partial charge is 0.338 e. The van der Waals surface area contributed by atoms with Crippen LogP contribution < -0.4 is 5.73 Å². The first kappa shape index (κ1) is 18.6. The molecule has 0 aliphatic carbocycles. The summed E-state index contributed by atoms with van der Waals surface area (Å²) >= 11 is 6.38. The number of hydrogen-bond donors (Lipinski definition) is 1. The maximum atomic E-state index is 12.9. The predicted molar refractivity (Wildman–Crippen MR) is 102 cm³/mol. The lowest BCUT2D eigenvalue weighted by atomic mass is 9.82. The van der Waals surface area contributed by atoms with E-state index in [2.05, 4.69) is 6.07 Å². The van der Waals surface area contributed by atoms with Crippen molar-refractivity contribution in [1.82, 2.24) is 0 Å². The Morgan fingerprint density at radius 1 is 1.22 bits per heavy atom. The van der Waals surface area contributed by atoms with Gasteiger partial charge in [-0.15, -0.1) is 0 Å². The molecule has 3 rings (SSSR count). The minimum Gasteiger partial charge on any atom is -0.463 e. The van der Waals surface area contributed by atoms with Gasteiger partial charge in [0.1, 0.15) is 17.4 Å². The van der Waals surface area contributed by atoms with Crippen LogP contribution in [0.2, 0.25) is 5.02 Å². The summed E-state index contributed by atoms with van der Waals surface area (Å²) in [6.45, 7) is 1.89. The standard InChI is InChI=1S/C21H17ClN2O3/c1-2-26-21(25)18-17(14-10-6-7-11-16(14)22)15(12-23)20(24)27-19(18)13-8-4-3-5-9-13/h3-11,17H,2,24H2,1H3/t17-/m0/s1. The Labute approximate surface area is 162 Å². The molecule has 1 aliphatic rings. The lowest BCUT2D eigenvalue weighted by Crippen LogP contribution is -2.26. The van der Waals surface area contributed by atoms with Crippen molar-refractivity contribution in [2.45, 2.75) is 12.8 Å². The number of carbonyl (C=O) groups excluding carboxylic acids is 1. The number of rotatable bonds is 4. The van der Waals surface area contributed by atoms with E-state index in [-0.39, 0.29) is 29.4 Å². The molecule has 0 spiro atoms. The van der Waals surface area contributed by atoms with E-state index in [4.69, 9.17) is 26.8 Å². The minimum atomic E-state index is -0.785. The number of hydrogen-bond acceptors (Lipinski definition) is 5. The van der Waals surface area contributed by atoms with Gasteiger partial charge in [0.2, 0.25) is 5.88 Å². The van der Waals surface area contributed by atoms with Crippen molar-refractivity contribution < 1.29 is 14.3 Å². The van der Waals surface area contributed by atoms with Crippen LogP contribution in [0.15, 0.2) is 71.6 Å². The van der Waals surface area contributed by atoms with Gasteiger partial charge in [-0.05, 0) is 18.6 Å². The number of carbonyl (C=O) groups is 1. The molecule has 2 aromatic carbocycles. The van der Waals surface area contributed by atoms with Crippen LogP contribution in [0.1, 0.15) is 24.0 Å². The second kappa shape index (κ2) is 7.98. The molecular formula is C21H17ClN2O3. The van der Waals surface area contributed by atoms with E-state index in [1.165, 1.54) is 0 Å². The van der Waals surface area contributed by atoms with Crippen molar-refractivity contribution in [3.05, 3.63) is 87.8 Å². The van der Waals surface area contributed by atoms with Gasteiger partial charge in [-0.1, -0.05) is 60.1 Å². The lowest BCUT2D eigenvalue weighted by Gasteiger charge is -2.28. The lowest BCUT2D eigenvalue weighted by molar-refractivity contribution is -0.138. The second-order valence-electron chi connectivity index (χ2n) is 5.78. The minimum absolute atomic E-state index is 0.0608. The summed E-state index contributed by atoms with van der Waals surface area (Å²) in [5, 5.41) is 10.1. The number of nitriles is 1. The van der Waals surface area contributed by atoms with Crippen LogP contribution in [0.25, 0.3) is 5.76 Å². The number of allylic oxidation sites excluding steroid dienone is 1. The summed E-state index contributed by atoms with van der Waals surface area (Å²) < 4.78 is 11.0. The third-order valence-corrected chi connectivity index (χ3v) is 4.51. The van der Waals surface area contributed by atoms with Gasteiger partial charge in [0.15, 0.2) is 0 Å². The molecule has 0 aromatic heterocycles. The van der Waals surface area contributed by atoms with Crippen molar-refractivity contribution in [1.29, 1.82) is 5.26 Å². The summed E-state index contributed by atoms with van der Waals surface area (Å²) in [6.07, 6.45) is 0. The number of esters is 1. The molecular weight excluding hydrogens is 364 g/mol. The molecule has 6 heteroatoms. The Kier molecular flexibility index (Phi) is 5.49.